The molecule has 4 rings (SSSR count). The number of benzene rings is 1. The first kappa shape index (κ1) is 18.4. The molecule has 1 aromatic rings. The Morgan fingerprint density at radius 1 is 1.04 bits per heavy atom. The van der Waals surface area contributed by atoms with Crippen LogP contribution >= 0.6 is 0 Å². The maximum absolute atomic E-state index is 5.70. The van der Waals surface area contributed by atoms with Crippen molar-refractivity contribution in [2.75, 3.05) is 46.1 Å². The summed E-state index contributed by atoms with van der Waals surface area (Å²) in [5, 5.41) is 7.56. The summed E-state index contributed by atoms with van der Waals surface area (Å²) in [6.07, 6.45) is 3.93. The van der Waals surface area contributed by atoms with Crippen molar-refractivity contribution >= 4 is 0 Å². The Labute approximate surface area is 157 Å². The summed E-state index contributed by atoms with van der Waals surface area (Å²) in [6.45, 7) is 8.53. The normalized spacial score (nSPS) is 30.5. The molecule has 0 amide bonds. The highest BCUT2D eigenvalue weighted by molar-refractivity contribution is 5.27. The van der Waals surface area contributed by atoms with Crippen molar-refractivity contribution in [3.8, 4) is 0 Å². The predicted octanol–water partition coefficient (Wildman–Crippen LogP) is 1.77. The van der Waals surface area contributed by atoms with Gasteiger partial charge in [0.2, 0.25) is 0 Å². The second-order valence-corrected chi connectivity index (χ2v) is 7.87. The maximum Gasteiger partial charge on any atom is 0.0623 e. The summed E-state index contributed by atoms with van der Waals surface area (Å²) in [7, 11) is 0. The highest BCUT2D eigenvalue weighted by Gasteiger charge is 2.34. The molecular weight excluding hydrogens is 326 g/mol. The molecule has 3 fully saturated rings. The molecule has 5 nitrogen and oxygen atoms in total. The third-order valence-electron chi connectivity index (χ3n) is 6.21. The number of nitrogens with one attached hydrogen (secondary N) is 2. The average Bonchev–Trinajstić information content (AvgIpc) is 3.17. The first-order chi connectivity index (χ1) is 12.9. The van der Waals surface area contributed by atoms with E-state index in [1.807, 2.05) is 0 Å². The molecule has 2 saturated heterocycles. The lowest BCUT2D eigenvalue weighted by Gasteiger charge is -2.33. The molecule has 1 aliphatic carbocycles. The fourth-order valence-electron chi connectivity index (χ4n) is 4.71. The van der Waals surface area contributed by atoms with Gasteiger partial charge in [-0.05, 0) is 29.9 Å². The number of ether oxygens (including phenoxy) is 2. The largest absolute Gasteiger partial charge is 0.379 e. The van der Waals surface area contributed by atoms with E-state index in [2.05, 4.69) is 39.8 Å². The molecule has 0 radical (unpaired) electrons. The van der Waals surface area contributed by atoms with Crippen molar-refractivity contribution in [1.82, 2.24) is 15.5 Å². The highest BCUT2D eigenvalue weighted by atomic mass is 16.5. The molecule has 5 heteroatoms. The van der Waals surface area contributed by atoms with Gasteiger partial charge in [0.25, 0.3) is 0 Å². The minimum atomic E-state index is 0.521. The van der Waals surface area contributed by atoms with Gasteiger partial charge in [0.05, 0.1) is 26.4 Å². The van der Waals surface area contributed by atoms with Crippen molar-refractivity contribution < 1.29 is 9.47 Å². The standard InChI is InChI=1S/C21H33N3O2/c1-2-5-18(15-24-9-12-25-13-10-24)17(4-1)14-23-20-7-3-6-19(20)21-16-26-11-8-22-21/h1-2,4-5,19-23H,3,6-16H2. The van der Waals surface area contributed by atoms with Crippen LogP contribution in [0, 0.1) is 5.92 Å². The first-order valence-corrected chi connectivity index (χ1v) is 10.3. The van der Waals surface area contributed by atoms with E-state index in [1.165, 1.54) is 30.4 Å². The maximum atomic E-state index is 5.70. The van der Waals surface area contributed by atoms with Crippen molar-refractivity contribution in [1.29, 1.82) is 0 Å². The molecule has 0 aromatic heterocycles. The van der Waals surface area contributed by atoms with Gasteiger partial charge >= 0.3 is 0 Å². The van der Waals surface area contributed by atoms with E-state index in [1.54, 1.807) is 0 Å². The summed E-state index contributed by atoms with van der Waals surface area (Å²) in [5.74, 6) is 0.696. The monoisotopic (exact) mass is 359 g/mol. The quantitative estimate of drug-likeness (QED) is 0.811. The van der Waals surface area contributed by atoms with Crippen molar-refractivity contribution in [3.63, 3.8) is 0 Å². The average molecular weight is 360 g/mol. The molecule has 0 bridgehead atoms. The Hall–Kier alpha value is -0.980. The van der Waals surface area contributed by atoms with E-state index in [0.29, 0.717) is 18.0 Å². The molecule has 2 N–H and O–H groups in total. The van der Waals surface area contributed by atoms with Gasteiger partial charge in [0, 0.05) is 44.8 Å². The molecule has 2 heterocycles. The third kappa shape index (κ3) is 4.65. The van der Waals surface area contributed by atoms with E-state index in [4.69, 9.17) is 9.47 Å². The van der Waals surface area contributed by atoms with E-state index in [-0.39, 0.29) is 0 Å². The van der Waals surface area contributed by atoms with Gasteiger partial charge in [-0.1, -0.05) is 30.7 Å². The number of hydrogen-bond acceptors (Lipinski definition) is 5. The number of hydrogen-bond donors (Lipinski definition) is 2. The zero-order chi connectivity index (χ0) is 17.6. The number of rotatable bonds is 6. The number of nitrogens with zero attached hydrogens (tertiary/aromatic N) is 1. The smallest absolute Gasteiger partial charge is 0.0623 e. The van der Waals surface area contributed by atoms with Gasteiger partial charge in [-0.3, -0.25) is 4.90 Å². The fraction of sp³-hybridized carbons (Fsp3) is 0.714. The zero-order valence-electron chi connectivity index (χ0n) is 15.8. The Morgan fingerprint density at radius 2 is 1.88 bits per heavy atom. The van der Waals surface area contributed by atoms with Gasteiger partial charge in [-0.25, -0.2) is 0 Å². The Balaban J connectivity index is 1.35. The van der Waals surface area contributed by atoms with Crippen LogP contribution < -0.4 is 10.6 Å². The number of morpholine rings is 2. The van der Waals surface area contributed by atoms with Crippen LogP contribution in [0.2, 0.25) is 0 Å². The SMILES string of the molecule is c1ccc(CN2CCOCC2)c(CNC2CCCC2C2COCCN2)c1. The first-order valence-electron chi connectivity index (χ1n) is 10.3. The molecule has 0 spiro atoms. The highest BCUT2D eigenvalue weighted by Crippen LogP contribution is 2.30. The summed E-state index contributed by atoms with van der Waals surface area (Å²) >= 11 is 0. The van der Waals surface area contributed by atoms with Crippen LogP contribution in [0.25, 0.3) is 0 Å². The van der Waals surface area contributed by atoms with E-state index in [0.717, 1.165) is 59.2 Å². The van der Waals surface area contributed by atoms with Crippen molar-refractivity contribution in [2.24, 2.45) is 5.92 Å². The van der Waals surface area contributed by atoms with Crippen molar-refractivity contribution in [2.45, 2.75) is 44.4 Å². The van der Waals surface area contributed by atoms with Crippen LogP contribution in [-0.2, 0) is 22.6 Å². The van der Waals surface area contributed by atoms with Gasteiger partial charge in [-0.15, -0.1) is 0 Å². The van der Waals surface area contributed by atoms with Gasteiger partial charge in [0.15, 0.2) is 0 Å². The summed E-state index contributed by atoms with van der Waals surface area (Å²) in [5.41, 5.74) is 2.90. The van der Waals surface area contributed by atoms with Crippen LogP contribution in [0.1, 0.15) is 30.4 Å². The van der Waals surface area contributed by atoms with Crippen LogP contribution in [0.5, 0.6) is 0 Å². The van der Waals surface area contributed by atoms with Crippen molar-refractivity contribution in [3.05, 3.63) is 35.4 Å². The minimum Gasteiger partial charge on any atom is -0.379 e. The second-order valence-electron chi connectivity index (χ2n) is 7.87. The van der Waals surface area contributed by atoms with E-state index >= 15 is 0 Å². The Kier molecular flexibility index (Phi) is 6.57. The molecule has 1 saturated carbocycles. The van der Waals surface area contributed by atoms with Gasteiger partial charge in [0.1, 0.15) is 0 Å². The topological polar surface area (TPSA) is 45.8 Å². The molecule has 144 valence electrons. The van der Waals surface area contributed by atoms with Gasteiger partial charge in [-0.2, -0.15) is 0 Å². The Morgan fingerprint density at radius 3 is 2.69 bits per heavy atom. The minimum absolute atomic E-state index is 0.521. The lowest BCUT2D eigenvalue weighted by Crippen LogP contribution is -2.50. The molecule has 1 aromatic carbocycles. The summed E-state index contributed by atoms with van der Waals surface area (Å²) in [6, 6.07) is 10.0. The molecule has 3 atom stereocenters. The molecule has 3 unspecified atom stereocenters. The van der Waals surface area contributed by atoms with Crippen LogP contribution in [0.4, 0.5) is 0 Å². The van der Waals surface area contributed by atoms with E-state index < -0.39 is 0 Å². The lowest BCUT2D eigenvalue weighted by atomic mass is 9.93. The van der Waals surface area contributed by atoms with Gasteiger partial charge < -0.3 is 20.1 Å². The zero-order valence-corrected chi connectivity index (χ0v) is 15.8. The summed E-state index contributed by atoms with van der Waals surface area (Å²) < 4.78 is 11.2. The van der Waals surface area contributed by atoms with Crippen LogP contribution in [0.15, 0.2) is 24.3 Å². The second kappa shape index (κ2) is 9.29. The van der Waals surface area contributed by atoms with Crippen LogP contribution in [-0.4, -0.2) is 63.0 Å². The van der Waals surface area contributed by atoms with Crippen LogP contribution in [0.3, 0.4) is 0 Å². The molecule has 3 aliphatic rings. The third-order valence-corrected chi connectivity index (χ3v) is 6.21. The lowest BCUT2D eigenvalue weighted by molar-refractivity contribution is 0.0340. The fourth-order valence-corrected chi connectivity index (χ4v) is 4.71. The Bertz CT molecular complexity index is 556. The molecular formula is C21H33N3O2. The molecule has 26 heavy (non-hydrogen) atoms. The summed E-state index contributed by atoms with van der Waals surface area (Å²) in [4.78, 5) is 2.50. The molecule has 2 aliphatic heterocycles. The predicted molar refractivity (Wildman–Crippen MR) is 103 cm³/mol. The van der Waals surface area contributed by atoms with E-state index in [9.17, 15) is 0 Å².